The lowest BCUT2D eigenvalue weighted by molar-refractivity contribution is -0.928. The molecule has 16 heavy (non-hydrogen) atoms. The third-order valence-corrected chi connectivity index (χ3v) is 3.58. The van der Waals surface area contributed by atoms with Gasteiger partial charge in [-0.2, -0.15) is 0 Å². The number of phenols is 2. The second kappa shape index (κ2) is 4.15. The third kappa shape index (κ3) is 2.11. The topological polar surface area (TPSA) is 40.5 Å². The molecule has 1 atom stereocenters. The van der Waals surface area contributed by atoms with Crippen molar-refractivity contribution in [1.82, 2.24) is 0 Å². The molecular formula is C12H18ClNO2. The average molecular weight is 244 g/mol. The highest BCUT2D eigenvalue weighted by Gasteiger charge is 2.31. The summed E-state index contributed by atoms with van der Waals surface area (Å²) in [6.45, 7) is 3.12. The molecule has 1 aromatic carbocycles. The molecule has 0 spiro atoms. The maximum atomic E-state index is 9.45. The first kappa shape index (κ1) is 13.1. The predicted molar refractivity (Wildman–Crippen MR) is 58.8 cm³/mol. The van der Waals surface area contributed by atoms with Gasteiger partial charge in [0.05, 0.1) is 20.1 Å². The molecule has 1 aliphatic rings. The van der Waals surface area contributed by atoms with E-state index in [1.807, 2.05) is 0 Å². The molecule has 0 aromatic heterocycles. The number of rotatable bonds is 0. The van der Waals surface area contributed by atoms with Gasteiger partial charge in [-0.25, -0.2) is 0 Å². The summed E-state index contributed by atoms with van der Waals surface area (Å²) in [6, 6.07) is 3.93. The van der Waals surface area contributed by atoms with Crippen molar-refractivity contribution < 1.29 is 27.1 Å². The number of likely N-dealkylation sites (N-methyl/N-ethyl adjacent to an activating group) is 1. The lowest BCUT2D eigenvalue weighted by Crippen LogP contribution is -3.00. The number of hydrogen-bond donors (Lipinski definition) is 2. The smallest absolute Gasteiger partial charge is 0.157 e. The van der Waals surface area contributed by atoms with Crippen molar-refractivity contribution in [1.29, 1.82) is 0 Å². The summed E-state index contributed by atoms with van der Waals surface area (Å²) in [5, 5.41) is 18.9. The van der Waals surface area contributed by atoms with Crippen molar-refractivity contribution in [2.45, 2.75) is 25.9 Å². The van der Waals surface area contributed by atoms with Crippen LogP contribution in [0.15, 0.2) is 12.1 Å². The molecule has 0 saturated heterocycles. The number of quaternary nitrogens is 1. The summed E-state index contributed by atoms with van der Waals surface area (Å²) in [7, 11) is 4.38. The Morgan fingerprint density at radius 2 is 1.62 bits per heavy atom. The van der Waals surface area contributed by atoms with Crippen LogP contribution in [-0.4, -0.2) is 34.8 Å². The molecule has 1 aromatic rings. The summed E-state index contributed by atoms with van der Waals surface area (Å²) in [5.74, 6) is -0.0172. The number of fused-ring (bicyclic) bond motifs is 1. The lowest BCUT2D eigenvalue weighted by atomic mass is 9.93. The van der Waals surface area contributed by atoms with E-state index in [1.54, 1.807) is 12.1 Å². The van der Waals surface area contributed by atoms with Crippen molar-refractivity contribution in [2.24, 2.45) is 0 Å². The van der Waals surface area contributed by atoms with E-state index in [-0.39, 0.29) is 23.9 Å². The van der Waals surface area contributed by atoms with Crippen LogP contribution in [0.1, 0.15) is 18.1 Å². The largest absolute Gasteiger partial charge is 1.00 e. The summed E-state index contributed by atoms with van der Waals surface area (Å²) in [6.07, 6.45) is 0.955. The Morgan fingerprint density at radius 3 is 2.19 bits per heavy atom. The molecule has 1 aliphatic heterocycles. The molecule has 90 valence electrons. The minimum Gasteiger partial charge on any atom is -1.00 e. The van der Waals surface area contributed by atoms with Gasteiger partial charge in [0.1, 0.15) is 6.54 Å². The molecule has 2 N–H and O–H groups in total. The molecule has 2 rings (SSSR count). The van der Waals surface area contributed by atoms with Gasteiger partial charge in [0.25, 0.3) is 0 Å². The van der Waals surface area contributed by atoms with Crippen LogP contribution < -0.4 is 12.4 Å². The van der Waals surface area contributed by atoms with E-state index < -0.39 is 0 Å². The minimum absolute atomic E-state index is 0. The number of halogens is 1. The number of nitrogens with zero attached hydrogens (tertiary/aromatic N) is 1. The number of benzene rings is 1. The fourth-order valence-electron chi connectivity index (χ4n) is 2.16. The van der Waals surface area contributed by atoms with Gasteiger partial charge in [-0.05, 0) is 24.6 Å². The van der Waals surface area contributed by atoms with Crippen LogP contribution in [0.25, 0.3) is 0 Å². The van der Waals surface area contributed by atoms with Gasteiger partial charge in [0.2, 0.25) is 0 Å². The van der Waals surface area contributed by atoms with Crippen LogP contribution in [0.3, 0.4) is 0 Å². The number of hydrogen-bond acceptors (Lipinski definition) is 2. The molecule has 0 aliphatic carbocycles. The molecule has 3 nitrogen and oxygen atoms in total. The van der Waals surface area contributed by atoms with E-state index in [2.05, 4.69) is 21.0 Å². The number of phenolic OH excluding ortho intramolecular Hbond substituents is 2. The highest BCUT2D eigenvalue weighted by Crippen LogP contribution is 2.34. The summed E-state index contributed by atoms with van der Waals surface area (Å²) < 4.78 is 0.928. The average Bonchev–Trinajstić information content (AvgIpc) is 2.11. The molecule has 0 bridgehead atoms. The second-order valence-corrected chi connectivity index (χ2v) is 5.10. The first-order chi connectivity index (χ1) is 6.90. The molecule has 0 fully saturated rings. The fourth-order valence-corrected chi connectivity index (χ4v) is 2.16. The molecule has 1 heterocycles. The molecule has 1 unspecified atom stereocenters. The van der Waals surface area contributed by atoms with Crippen LogP contribution in [0.5, 0.6) is 11.5 Å². The van der Waals surface area contributed by atoms with E-state index in [1.165, 1.54) is 0 Å². The van der Waals surface area contributed by atoms with Gasteiger partial charge in [0.15, 0.2) is 11.5 Å². The van der Waals surface area contributed by atoms with Gasteiger partial charge in [0, 0.05) is 12.0 Å². The van der Waals surface area contributed by atoms with Crippen molar-refractivity contribution in [3.63, 3.8) is 0 Å². The Balaban J connectivity index is 0.00000128. The highest BCUT2D eigenvalue weighted by molar-refractivity contribution is 5.46. The maximum absolute atomic E-state index is 9.45. The monoisotopic (exact) mass is 243 g/mol. The molecule has 0 radical (unpaired) electrons. The van der Waals surface area contributed by atoms with E-state index in [0.29, 0.717) is 6.04 Å². The minimum atomic E-state index is -0.0108. The lowest BCUT2D eigenvalue weighted by Gasteiger charge is -2.40. The maximum Gasteiger partial charge on any atom is 0.157 e. The zero-order valence-corrected chi connectivity index (χ0v) is 10.6. The van der Waals surface area contributed by atoms with Gasteiger partial charge < -0.3 is 27.1 Å². The van der Waals surface area contributed by atoms with E-state index in [9.17, 15) is 10.2 Å². The van der Waals surface area contributed by atoms with Crippen LogP contribution in [-0.2, 0) is 13.0 Å². The Morgan fingerprint density at radius 1 is 1.12 bits per heavy atom. The van der Waals surface area contributed by atoms with Crippen molar-refractivity contribution in [3.05, 3.63) is 23.3 Å². The van der Waals surface area contributed by atoms with Crippen LogP contribution in [0.4, 0.5) is 0 Å². The Kier molecular flexibility index (Phi) is 3.41. The number of aromatic hydroxyl groups is 2. The molecule has 0 saturated carbocycles. The third-order valence-electron chi connectivity index (χ3n) is 3.58. The SMILES string of the molecule is CC1Cc2cc(O)c(O)cc2C[N+]1(C)C.[Cl-]. The first-order valence-corrected chi connectivity index (χ1v) is 5.26. The summed E-state index contributed by atoms with van der Waals surface area (Å²) in [4.78, 5) is 0. The van der Waals surface area contributed by atoms with Gasteiger partial charge in [-0.15, -0.1) is 0 Å². The van der Waals surface area contributed by atoms with Crippen LogP contribution in [0, 0.1) is 0 Å². The van der Waals surface area contributed by atoms with Crippen LogP contribution >= 0.6 is 0 Å². The fraction of sp³-hybridized carbons (Fsp3) is 0.500. The predicted octanol–water partition coefficient (Wildman–Crippen LogP) is -1.38. The zero-order valence-electron chi connectivity index (χ0n) is 9.87. The Labute approximate surface area is 102 Å². The first-order valence-electron chi connectivity index (χ1n) is 5.26. The van der Waals surface area contributed by atoms with Gasteiger partial charge in [-0.3, -0.25) is 0 Å². The molecule has 0 amide bonds. The molecular weight excluding hydrogens is 226 g/mol. The Bertz CT molecular complexity index is 404. The summed E-state index contributed by atoms with van der Waals surface area (Å²) >= 11 is 0. The molecule has 4 heteroatoms. The summed E-state index contributed by atoms with van der Waals surface area (Å²) in [5.41, 5.74) is 2.31. The van der Waals surface area contributed by atoms with E-state index in [0.717, 1.165) is 28.6 Å². The van der Waals surface area contributed by atoms with Crippen molar-refractivity contribution >= 4 is 0 Å². The van der Waals surface area contributed by atoms with Crippen molar-refractivity contribution in [3.8, 4) is 11.5 Å². The van der Waals surface area contributed by atoms with Crippen LogP contribution in [0.2, 0.25) is 0 Å². The van der Waals surface area contributed by atoms with Gasteiger partial charge in [-0.1, -0.05) is 0 Å². The van der Waals surface area contributed by atoms with E-state index in [4.69, 9.17) is 0 Å². The van der Waals surface area contributed by atoms with Gasteiger partial charge >= 0.3 is 0 Å². The standard InChI is InChI=1S/C12H17NO2.ClH/c1-8-4-9-5-11(14)12(15)6-10(9)7-13(8,2)3;/h5-6,8H,4,7H2,1-3H3,(H-,14,15);1H. The highest BCUT2D eigenvalue weighted by atomic mass is 35.5. The van der Waals surface area contributed by atoms with Crippen molar-refractivity contribution in [2.75, 3.05) is 14.1 Å². The normalized spacial score (nSPS) is 22.1. The Hall–Kier alpha value is -0.930. The quantitative estimate of drug-likeness (QED) is 0.436. The zero-order chi connectivity index (χ0) is 11.2. The van der Waals surface area contributed by atoms with E-state index >= 15 is 0 Å². The second-order valence-electron chi connectivity index (χ2n) is 5.10.